The Hall–Kier alpha value is -5.19. The number of nitrogens with one attached hydrogen (secondary N) is 1. The van der Waals surface area contributed by atoms with Crippen LogP contribution < -0.4 is 5.32 Å². The molecule has 5 heterocycles. The van der Waals surface area contributed by atoms with Crippen molar-refractivity contribution in [2.45, 2.75) is 44.0 Å². The minimum atomic E-state index is -1.07. The summed E-state index contributed by atoms with van der Waals surface area (Å²) in [5, 5.41) is 16.4. The van der Waals surface area contributed by atoms with Crippen molar-refractivity contribution in [1.29, 1.82) is 0 Å². The molecule has 230 valence electrons. The Labute approximate surface area is 262 Å². The molecule has 0 radical (unpaired) electrons. The number of aromatic nitrogens is 2. The highest BCUT2D eigenvalue weighted by Gasteiger charge is 2.55. The Morgan fingerprint density at radius 2 is 1.61 bits per heavy atom. The Kier molecular flexibility index (Phi) is 5.42. The highest BCUT2D eigenvalue weighted by molar-refractivity contribution is 6.31. The zero-order chi connectivity index (χ0) is 31.6. The standard InChI is InChI=1S/C36H30N4O6/c1-36-32(45-3)25(38(2)34(42)18-12-14-19(15-13-18)35(43)44)16-26(46-36)39-23-10-6-4-8-20(23)28-29-22(17-37-33(29)41)27-21-9-5-7-11-24(21)40(36)31(27)30(28)39/h4-15,25-26,32H,16-17H2,1-3H3,(H,37,41)(H,43,44)/t25?,26-,32?,36+/m0/s1. The van der Waals surface area contributed by atoms with Crippen LogP contribution in [0.3, 0.4) is 0 Å². The van der Waals surface area contributed by atoms with Crippen LogP contribution in [0.2, 0.25) is 0 Å². The lowest BCUT2D eigenvalue weighted by Gasteiger charge is -2.50. The third-order valence-electron chi connectivity index (χ3n) is 10.4. The Morgan fingerprint density at radius 1 is 0.957 bits per heavy atom. The van der Waals surface area contributed by atoms with Gasteiger partial charge in [-0.1, -0.05) is 36.4 Å². The molecule has 3 aliphatic heterocycles. The lowest BCUT2D eigenvalue weighted by Crippen LogP contribution is -2.61. The fourth-order valence-electron chi connectivity index (χ4n) is 8.50. The van der Waals surface area contributed by atoms with Gasteiger partial charge in [0.05, 0.1) is 39.2 Å². The zero-order valence-electron chi connectivity index (χ0n) is 25.4. The number of methoxy groups -OCH3 is 1. The Bertz CT molecular complexity index is 2340. The van der Waals surface area contributed by atoms with E-state index in [1.54, 1.807) is 31.2 Å². The summed E-state index contributed by atoms with van der Waals surface area (Å²) in [6.07, 6.45) is -0.669. The number of nitrogens with zero attached hydrogens (tertiary/aromatic N) is 3. The first-order valence-corrected chi connectivity index (χ1v) is 15.3. The molecule has 9 rings (SSSR count). The van der Waals surface area contributed by atoms with E-state index in [4.69, 9.17) is 9.47 Å². The second-order valence-corrected chi connectivity index (χ2v) is 12.6. The van der Waals surface area contributed by atoms with Crippen molar-refractivity contribution in [3.8, 4) is 0 Å². The van der Waals surface area contributed by atoms with Gasteiger partial charge in [-0.2, -0.15) is 0 Å². The maximum atomic E-state index is 14.0. The minimum absolute atomic E-state index is 0.0807. The van der Waals surface area contributed by atoms with Crippen molar-refractivity contribution in [3.05, 3.63) is 95.1 Å². The van der Waals surface area contributed by atoms with Crippen molar-refractivity contribution < 1.29 is 29.0 Å². The van der Waals surface area contributed by atoms with Crippen LogP contribution in [-0.4, -0.2) is 63.2 Å². The maximum Gasteiger partial charge on any atom is 0.335 e. The number of amides is 2. The molecule has 1 saturated heterocycles. The van der Waals surface area contributed by atoms with Gasteiger partial charge in [0, 0.05) is 54.2 Å². The first-order valence-electron chi connectivity index (χ1n) is 15.3. The van der Waals surface area contributed by atoms with Crippen LogP contribution in [-0.2, 0) is 21.7 Å². The van der Waals surface area contributed by atoms with Crippen LogP contribution in [0.5, 0.6) is 0 Å². The average molecular weight is 615 g/mol. The molecule has 4 atom stereocenters. The molecule has 2 N–H and O–H groups in total. The number of para-hydroxylation sites is 2. The first-order chi connectivity index (χ1) is 22.2. The Balaban J connectivity index is 1.35. The molecule has 0 spiro atoms. The molecule has 2 aromatic heterocycles. The molecule has 2 amide bonds. The summed E-state index contributed by atoms with van der Waals surface area (Å²) in [6, 6.07) is 21.9. The topological polar surface area (TPSA) is 115 Å². The van der Waals surface area contributed by atoms with Crippen LogP contribution in [0.1, 0.15) is 56.2 Å². The van der Waals surface area contributed by atoms with Gasteiger partial charge in [0.15, 0.2) is 5.72 Å². The predicted molar refractivity (Wildman–Crippen MR) is 172 cm³/mol. The number of hydrogen-bond acceptors (Lipinski definition) is 5. The van der Waals surface area contributed by atoms with Gasteiger partial charge >= 0.3 is 5.97 Å². The highest BCUT2D eigenvalue weighted by atomic mass is 16.6. The summed E-state index contributed by atoms with van der Waals surface area (Å²) in [5.41, 5.74) is 4.94. The third kappa shape index (κ3) is 3.24. The summed E-state index contributed by atoms with van der Waals surface area (Å²) < 4.78 is 18.0. The van der Waals surface area contributed by atoms with Gasteiger partial charge in [-0.25, -0.2) is 4.79 Å². The smallest absolute Gasteiger partial charge is 0.335 e. The van der Waals surface area contributed by atoms with Gasteiger partial charge in [0.2, 0.25) is 0 Å². The number of carbonyl (C=O) groups is 3. The number of benzene rings is 4. The van der Waals surface area contributed by atoms with Crippen molar-refractivity contribution in [2.24, 2.45) is 0 Å². The zero-order valence-corrected chi connectivity index (χ0v) is 25.4. The second-order valence-electron chi connectivity index (χ2n) is 12.6. The van der Waals surface area contributed by atoms with Crippen LogP contribution >= 0.6 is 0 Å². The molecule has 0 saturated carbocycles. The molecule has 0 aliphatic carbocycles. The lowest BCUT2D eigenvalue weighted by molar-refractivity contribution is -0.264. The van der Waals surface area contributed by atoms with Crippen LogP contribution in [0.4, 0.5) is 0 Å². The van der Waals surface area contributed by atoms with Gasteiger partial charge in [-0.3, -0.25) is 9.59 Å². The number of fused-ring (bicyclic) bond motifs is 13. The number of aromatic carboxylic acids is 1. The van der Waals surface area contributed by atoms with Gasteiger partial charge in [0.1, 0.15) is 12.3 Å². The summed E-state index contributed by atoms with van der Waals surface area (Å²) in [7, 11) is 3.42. The van der Waals surface area contributed by atoms with Gasteiger partial charge in [0.25, 0.3) is 11.8 Å². The van der Waals surface area contributed by atoms with E-state index >= 15 is 0 Å². The van der Waals surface area contributed by atoms with E-state index in [0.717, 1.165) is 49.2 Å². The van der Waals surface area contributed by atoms with Crippen molar-refractivity contribution in [1.82, 2.24) is 19.4 Å². The number of carbonyl (C=O) groups excluding carboxylic acids is 2. The van der Waals surface area contributed by atoms with E-state index in [-0.39, 0.29) is 17.4 Å². The van der Waals surface area contributed by atoms with E-state index in [1.165, 1.54) is 12.1 Å². The number of carboxylic acids is 1. The third-order valence-corrected chi connectivity index (χ3v) is 10.4. The minimum Gasteiger partial charge on any atom is -0.478 e. The molecule has 2 unspecified atom stereocenters. The average Bonchev–Trinajstić information content (AvgIpc) is 3.71. The quantitative estimate of drug-likeness (QED) is 0.267. The second kappa shape index (κ2) is 9.18. The molecular weight excluding hydrogens is 584 g/mol. The largest absolute Gasteiger partial charge is 0.478 e. The molecule has 3 aliphatic rings. The lowest BCUT2D eigenvalue weighted by atomic mass is 9.91. The Morgan fingerprint density at radius 3 is 2.30 bits per heavy atom. The summed E-state index contributed by atoms with van der Waals surface area (Å²) in [4.78, 5) is 40.7. The van der Waals surface area contributed by atoms with E-state index in [2.05, 4.69) is 38.7 Å². The summed E-state index contributed by atoms with van der Waals surface area (Å²) >= 11 is 0. The molecule has 46 heavy (non-hydrogen) atoms. The van der Waals surface area contributed by atoms with Crippen molar-refractivity contribution >= 4 is 61.4 Å². The fraction of sp³-hybridized carbons (Fsp3) is 0.250. The highest BCUT2D eigenvalue weighted by Crippen LogP contribution is 2.54. The molecule has 1 fully saturated rings. The number of carboxylic acid groups (broad SMARTS) is 1. The van der Waals surface area contributed by atoms with Crippen molar-refractivity contribution in [3.63, 3.8) is 0 Å². The molecule has 10 heteroatoms. The molecular formula is C36H30N4O6. The van der Waals surface area contributed by atoms with Gasteiger partial charge in [-0.15, -0.1) is 0 Å². The number of likely N-dealkylation sites (N-methyl/N-ethyl adjacent to an activating group) is 1. The number of ether oxygens (including phenoxy) is 2. The molecule has 4 aromatic carbocycles. The van der Waals surface area contributed by atoms with E-state index < -0.39 is 30.1 Å². The monoisotopic (exact) mass is 614 g/mol. The van der Waals surface area contributed by atoms with Crippen LogP contribution in [0, 0.1) is 0 Å². The van der Waals surface area contributed by atoms with Crippen molar-refractivity contribution in [2.75, 3.05) is 14.2 Å². The summed E-state index contributed by atoms with van der Waals surface area (Å²) in [5.74, 6) is -1.38. The van der Waals surface area contributed by atoms with Gasteiger partial charge in [-0.05, 0) is 48.9 Å². The molecule has 2 bridgehead atoms. The van der Waals surface area contributed by atoms with Gasteiger partial charge < -0.3 is 33.9 Å². The normalized spacial score (nSPS) is 23.3. The number of rotatable bonds is 4. The molecule has 10 nitrogen and oxygen atoms in total. The maximum absolute atomic E-state index is 14.0. The van der Waals surface area contributed by atoms with Crippen LogP contribution in [0.15, 0.2) is 72.8 Å². The van der Waals surface area contributed by atoms with E-state index in [9.17, 15) is 19.5 Å². The SMILES string of the molecule is COC1C(N(C)C(=O)c2ccc(C(=O)O)cc2)C[C@@H]2O[C@@]1(C)n1c3ccccc3c3c4c(c5c6ccccc6n2c5c31)C(=O)NC4. The predicted octanol–water partition coefficient (Wildman–Crippen LogP) is 5.61. The van der Waals surface area contributed by atoms with E-state index in [0.29, 0.717) is 24.1 Å². The number of hydrogen-bond donors (Lipinski definition) is 2. The summed E-state index contributed by atoms with van der Waals surface area (Å²) in [6.45, 7) is 2.46. The first kappa shape index (κ1) is 27.1. The van der Waals surface area contributed by atoms with Crippen LogP contribution in [0.25, 0.3) is 43.6 Å². The fourth-order valence-corrected chi connectivity index (χ4v) is 8.50. The molecule has 6 aromatic rings. The van der Waals surface area contributed by atoms with E-state index in [1.807, 2.05) is 31.2 Å².